The minimum atomic E-state index is -3.67. The van der Waals surface area contributed by atoms with Crippen LogP contribution in [0.2, 0.25) is 10.0 Å². The molecule has 0 unspecified atom stereocenters. The van der Waals surface area contributed by atoms with Gasteiger partial charge in [0.1, 0.15) is 0 Å². The predicted octanol–water partition coefficient (Wildman–Crippen LogP) is 3.20. The van der Waals surface area contributed by atoms with Crippen LogP contribution in [-0.4, -0.2) is 57.0 Å². The first kappa shape index (κ1) is 23.5. The fourth-order valence-electron chi connectivity index (χ4n) is 2.81. The van der Waals surface area contributed by atoms with Gasteiger partial charge in [-0.05, 0) is 49.4 Å². The van der Waals surface area contributed by atoms with Crippen molar-refractivity contribution in [3.8, 4) is 0 Å². The van der Waals surface area contributed by atoms with E-state index in [2.05, 4.69) is 5.32 Å². The van der Waals surface area contributed by atoms with E-state index in [1.807, 2.05) is 0 Å². The number of hydrogen-bond acceptors (Lipinski definition) is 6. The standard InChI is InChI=1S/C20H20Cl2N2O6S/c1-13(19(25)23-18-7-4-15(21)12-17(18)22)30-20(26)14-2-5-16(6-3-14)31(27,28)24-8-10-29-11-9-24/h2-7,12-13H,8-11H2,1H3,(H,23,25)/t13-/m0/s1. The Morgan fingerprint density at radius 2 is 1.74 bits per heavy atom. The first-order valence-electron chi connectivity index (χ1n) is 9.33. The van der Waals surface area contributed by atoms with E-state index in [-0.39, 0.29) is 28.6 Å². The van der Waals surface area contributed by atoms with Crippen LogP contribution in [0.1, 0.15) is 17.3 Å². The third-order valence-corrected chi connectivity index (χ3v) is 7.00. The van der Waals surface area contributed by atoms with Gasteiger partial charge in [-0.25, -0.2) is 13.2 Å². The molecular formula is C20H20Cl2N2O6S. The molecule has 8 nitrogen and oxygen atoms in total. The molecule has 0 aromatic heterocycles. The molecule has 1 amide bonds. The van der Waals surface area contributed by atoms with Crippen molar-refractivity contribution in [1.82, 2.24) is 4.31 Å². The number of hydrogen-bond donors (Lipinski definition) is 1. The summed E-state index contributed by atoms with van der Waals surface area (Å²) in [6.07, 6.45) is -1.11. The fourth-order valence-corrected chi connectivity index (χ4v) is 4.67. The molecule has 0 aliphatic carbocycles. The lowest BCUT2D eigenvalue weighted by atomic mass is 10.2. The van der Waals surface area contributed by atoms with E-state index in [1.165, 1.54) is 47.6 Å². The summed E-state index contributed by atoms with van der Waals surface area (Å²) in [4.78, 5) is 24.7. The highest BCUT2D eigenvalue weighted by Crippen LogP contribution is 2.25. The van der Waals surface area contributed by atoms with Crippen LogP contribution in [0.15, 0.2) is 47.4 Å². The SMILES string of the molecule is C[C@H](OC(=O)c1ccc(S(=O)(=O)N2CCOCC2)cc1)C(=O)Nc1ccc(Cl)cc1Cl. The van der Waals surface area contributed by atoms with Gasteiger partial charge in [0.25, 0.3) is 5.91 Å². The summed E-state index contributed by atoms with van der Waals surface area (Å²) in [6.45, 7) is 2.64. The average Bonchev–Trinajstić information content (AvgIpc) is 2.76. The predicted molar refractivity (Wildman–Crippen MR) is 116 cm³/mol. The van der Waals surface area contributed by atoms with Gasteiger partial charge in [-0.3, -0.25) is 4.79 Å². The monoisotopic (exact) mass is 486 g/mol. The van der Waals surface area contributed by atoms with Gasteiger partial charge >= 0.3 is 5.97 Å². The van der Waals surface area contributed by atoms with E-state index >= 15 is 0 Å². The van der Waals surface area contributed by atoms with Crippen LogP contribution in [0.3, 0.4) is 0 Å². The largest absolute Gasteiger partial charge is 0.449 e. The zero-order chi connectivity index (χ0) is 22.6. The first-order chi connectivity index (χ1) is 14.7. The van der Waals surface area contributed by atoms with Crippen molar-refractivity contribution in [2.24, 2.45) is 0 Å². The minimum absolute atomic E-state index is 0.0640. The normalized spacial score (nSPS) is 15.8. The van der Waals surface area contributed by atoms with Gasteiger partial charge < -0.3 is 14.8 Å². The van der Waals surface area contributed by atoms with Crippen LogP contribution < -0.4 is 5.32 Å². The topological polar surface area (TPSA) is 102 Å². The number of anilines is 1. The molecule has 2 aromatic carbocycles. The molecule has 166 valence electrons. The third kappa shape index (κ3) is 5.75. The molecule has 1 saturated heterocycles. The lowest BCUT2D eigenvalue weighted by molar-refractivity contribution is -0.123. The summed E-state index contributed by atoms with van der Waals surface area (Å²) in [5.41, 5.74) is 0.446. The average molecular weight is 487 g/mol. The fraction of sp³-hybridized carbons (Fsp3) is 0.300. The molecular weight excluding hydrogens is 467 g/mol. The molecule has 0 spiro atoms. The van der Waals surface area contributed by atoms with Crippen LogP contribution in [-0.2, 0) is 24.3 Å². The van der Waals surface area contributed by atoms with E-state index in [9.17, 15) is 18.0 Å². The number of esters is 1. The smallest absolute Gasteiger partial charge is 0.338 e. The maximum Gasteiger partial charge on any atom is 0.338 e. The van der Waals surface area contributed by atoms with Crippen LogP contribution in [0.4, 0.5) is 5.69 Å². The van der Waals surface area contributed by atoms with Gasteiger partial charge in [-0.1, -0.05) is 23.2 Å². The third-order valence-electron chi connectivity index (χ3n) is 4.54. The molecule has 1 atom stereocenters. The molecule has 1 N–H and O–H groups in total. The highest BCUT2D eigenvalue weighted by Gasteiger charge is 2.27. The molecule has 31 heavy (non-hydrogen) atoms. The quantitative estimate of drug-likeness (QED) is 0.628. The van der Waals surface area contributed by atoms with Crippen molar-refractivity contribution >= 4 is 50.8 Å². The van der Waals surface area contributed by atoms with Crippen LogP contribution in [0.25, 0.3) is 0 Å². The van der Waals surface area contributed by atoms with E-state index < -0.39 is 28.0 Å². The molecule has 0 bridgehead atoms. The van der Waals surface area contributed by atoms with E-state index in [0.29, 0.717) is 23.9 Å². The molecule has 11 heteroatoms. The zero-order valence-electron chi connectivity index (χ0n) is 16.5. The number of ether oxygens (including phenoxy) is 2. The van der Waals surface area contributed by atoms with Crippen LogP contribution in [0.5, 0.6) is 0 Å². The summed E-state index contributed by atoms with van der Waals surface area (Å²) < 4.78 is 37.0. The number of benzene rings is 2. The van der Waals surface area contributed by atoms with E-state index in [0.717, 1.165) is 0 Å². The summed E-state index contributed by atoms with van der Waals surface area (Å²) >= 11 is 11.8. The molecule has 1 heterocycles. The maximum atomic E-state index is 12.6. The molecule has 3 rings (SSSR count). The molecule has 2 aromatic rings. The highest BCUT2D eigenvalue weighted by molar-refractivity contribution is 7.89. The van der Waals surface area contributed by atoms with Gasteiger partial charge in [-0.2, -0.15) is 4.31 Å². The summed E-state index contributed by atoms with van der Waals surface area (Å²) in [5, 5.41) is 3.22. The molecule has 1 fully saturated rings. The summed E-state index contributed by atoms with van der Waals surface area (Å²) in [7, 11) is -3.67. The van der Waals surface area contributed by atoms with Crippen LogP contribution in [0, 0.1) is 0 Å². The lowest BCUT2D eigenvalue weighted by Crippen LogP contribution is -2.40. The second kappa shape index (κ2) is 9.97. The summed E-state index contributed by atoms with van der Waals surface area (Å²) in [6, 6.07) is 9.92. The lowest BCUT2D eigenvalue weighted by Gasteiger charge is -2.26. The zero-order valence-corrected chi connectivity index (χ0v) is 18.8. The van der Waals surface area contributed by atoms with Crippen molar-refractivity contribution in [3.63, 3.8) is 0 Å². The second-order valence-electron chi connectivity index (χ2n) is 6.70. The number of nitrogens with zero attached hydrogens (tertiary/aromatic N) is 1. The number of rotatable bonds is 6. The Labute approximate surface area is 190 Å². The van der Waals surface area contributed by atoms with Crippen molar-refractivity contribution in [3.05, 3.63) is 58.1 Å². The van der Waals surface area contributed by atoms with Gasteiger partial charge in [0.15, 0.2) is 6.10 Å². The minimum Gasteiger partial charge on any atom is -0.449 e. The molecule has 1 aliphatic rings. The van der Waals surface area contributed by atoms with Gasteiger partial charge in [-0.15, -0.1) is 0 Å². The Balaban J connectivity index is 1.62. The Kier molecular flexibility index (Phi) is 7.55. The Hall–Kier alpha value is -2.17. The van der Waals surface area contributed by atoms with Gasteiger partial charge in [0.05, 0.1) is 34.4 Å². The number of sulfonamides is 1. The Morgan fingerprint density at radius 1 is 1.10 bits per heavy atom. The van der Waals surface area contributed by atoms with Crippen molar-refractivity contribution in [2.75, 3.05) is 31.6 Å². The van der Waals surface area contributed by atoms with Crippen molar-refractivity contribution < 1.29 is 27.5 Å². The number of carbonyl (C=O) groups is 2. The number of morpholine rings is 1. The number of carbonyl (C=O) groups excluding carboxylic acids is 2. The molecule has 0 saturated carbocycles. The number of halogens is 2. The van der Waals surface area contributed by atoms with E-state index in [4.69, 9.17) is 32.7 Å². The number of amides is 1. The van der Waals surface area contributed by atoms with Gasteiger partial charge in [0.2, 0.25) is 10.0 Å². The maximum absolute atomic E-state index is 12.6. The Bertz CT molecular complexity index is 1070. The molecule has 0 radical (unpaired) electrons. The number of nitrogens with one attached hydrogen (secondary N) is 1. The van der Waals surface area contributed by atoms with E-state index in [1.54, 1.807) is 6.07 Å². The highest BCUT2D eigenvalue weighted by atomic mass is 35.5. The Morgan fingerprint density at radius 3 is 2.35 bits per heavy atom. The van der Waals surface area contributed by atoms with Crippen molar-refractivity contribution in [1.29, 1.82) is 0 Å². The molecule has 1 aliphatic heterocycles. The second-order valence-corrected chi connectivity index (χ2v) is 9.48. The summed E-state index contributed by atoms with van der Waals surface area (Å²) in [5.74, 6) is -1.34. The van der Waals surface area contributed by atoms with Gasteiger partial charge in [0, 0.05) is 18.1 Å². The van der Waals surface area contributed by atoms with Crippen LogP contribution >= 0.6 is 23.2 Å². The first-order valence-corrected chi connectivity index (χ1v) is 11.5. The van der Waals surface area contributed by atoms with Crippen molar-refractivity contribution in [2.45, 2.75) is 17.9 Å².